The highest BCUT2D eigenvalue weighted by Gasteiger charge is 2.26. The molecule has 3 heteroatoms. The molecule has 1 N–H and O–H groups in total. The van der Waals surface area contributed by atoms with Crippen LogP contribution in [0.25, 0.3) is 0 Å². The third kappa shape index (κ3) is 2.64. The second-order valence-electron chi connectivity index (χ2n) is 4.41. The van der Waals surface area contributed by atoms with Gasteiger partial charge in [0.05, 0.1) is 6.04 Å². The molecule has 1 aliphatic rings. The average molecular weight is 282 g/mol. The first-order valence-corrected chi connectivity index (χ1v) is 6.52. The smallest absolute Gasteiger partial charge is 0.223 e. The molecule has 1 fully saturated rings. The zero-order valence-corrected chi connectivity index (χ0v) is 11.0. The highest BCUT2D eigenvalue weighted by Crippen LogP contribution is 2.27. The van der Waals surface area contributed by atoms with E-state index in [0.717, 1.165) is 22.9 Å². The molecule has 1 aromatic rings. The van der Waals surface area contributed by atoms with E-state index >= 15 is 0 Å². The molecule has 0 saturated heterocycles. The minimum Gasteiger partial charge on any atom is -0.349 e. The second kappa shape index (κ2) is 5.00. The number of nitrogens with one attached hydrogen (secondary N) is 1. The molecule has 0 aliphatic heterocycles. The first-order valence-electron chi connectivity index (χ1n) is 5.72. The van der Waals surface area contributed by atoms with Gasteiger partial charge in [-0.3, -0.25) is 4.79 Å². The first kappa shape index (κ1) is 11.6. The van der Waals surface area contributed by atoms with Crippen LogP contribution >= 0.6 is 15.9 Å². The maximum Gasteiger partial charge on any atom is 0.223 e. The highest BCUT2D eigenvalue weighted by molar-refractivity contribution is 9.10. The van der Waals surface area contributed by atoms with Crippen LogP contribution < -0.4 is 5.32 Å². The molecule has 0 bridgehead atoms. The van der Waals surface area contributed by atoms with Gasteiger partial charge in [-0.1, -0.05) is 34.5 Å². The van der Waals surface area contributed by atoms with E-state index in [1.807, 2.05) is 31.2 Å². The van der Waals surface area contributed by atoms with Crippen molar-refractivity contribution >= 4 is 21.8 Å². The van der Waals surface area contributed by atoms with Crippen molar-refractivity contribution in [2.75, 3.05) is 0 Å². The minimum atomic E-state index is 0.0885. The maximum absolute atomic E-state index is 11.8. The van der Waals surface area contributed by atoms with E-state index in [2.05, 4.69) is 21.2 Å². The normalized spacial score (nSPS) is 17.6. The van der Waals surface area contributed by atoms with Crippen molar-refractivity contribution in [2.45, 2.75) is 32.2 Å². The van der Waals surface area contributed by atoms with E-state index in [0.29, 0.717) is 0 Å². The van der Waals surface area contributed by atoms with Gasteiger partial charge in [0.25, 0.3) is 0 Å². The van der Waals surface area contributed by atoms with Crippen LogP contribution in [0.2, 0.25) is 0 Å². The summed E-state index contributed by atoms with van der Waals surface area (Å²) in [5.74, 6) is 0.466. The molecule has 1 aliphatic carbocycles. The van der Waals surface area contributed by atoms with E-state index in [-0.39, 0.29) is 17.9 Å². The highest BCUT2D eigenvalue weighted by atomic mass is 79.9. The largest absolute Gasteiger partial charge is 0.349 e. The lowest BCUT2D eigenvalue weighted by molar-refractivity contribution is -0.128. The van der Waals surface area contributed by atoms with Crippen LogP contribution in [0.1, 0.15) is 37.8 Å². The van der Waals surface area contributed by atoms with E-state index in [9.17, 15) is 4.79 Å². The van der Waals surface area contributed by atoms with Crippen LogP contribution in [0, 0.1) is 5.92 Å². The van der Waals surface area contributed by atoms with Crippen molar-refractivity contribution in [3.63, 3.8) is 0 Å². The molecule has 1 amide bonds. The van der Waals surface area contributed by atoms with Crippen molar-refractivity contribution in [3.05, 3.63) is 34.3 Å². The third-order valence-electron chi connectivity index (χ3n) is 3.18. The number of hydrogen-bond donors (Lipinski definition) is 1. The number of benzene rings is 1. The van der Waals surface area contributed by atoms with Crippen molar-refractivity contribution in [3.8, 4) is 0 Å². The Morgan fingerprint density at radius 1 is 1.50 bits per heavy atom. The molecule has 0 aromatic heterocycles. The standard InChI is InChI=1S/C13H16BrNO/c1-9(11-6-3-7-12(14)8-11)15-13(16)10-4-2-5-10/h3,6-10H,2,4-5H2,1H3,(H,15,16)/t9-/m1/s1. The zero-order valence-electron chi connectivity index (χ0n) is 9.37. The first-order chi connectivity index (χ1) is 7.66. The molecule has 1 saturated carbocycles. The lowest BCUT2D eigenvalue weighted by Gasteiger charge is -2.26. The van der Waals surface area contributed by atoms with Crippen molar-refractivity contribution < 1.29 is 4.79 Å². The Morgan fingerprint density at radius 3 is 2.81 bits per heavy atom. The molecule has 0 heterocycles. The van der Waals surface area contributed by atoms with Crippen LogP contribution in [0.3, 0.4) is 0 Å². The van der Waals surface area contributed by atoms with Crippen molar-refractivity contribution in [1.29, 1.82) is 0 Å². The minimum absolute atomic E-state index is 0.0885. The summed E-state index contributed by atoms with van der Waals surface area (Å²) in [7, 11) is 0. The Kier molecular flexibility index (Phi) is 3.64. The van der Waals surface area contributed by atoms with Gasteiger partial charge in [-0.15, -0.1) is 0 Å². The van der Waals surface area contributed by atoms with Gasteiger partial charge >= 0.3 is 0 Å². The van der Waals surface area contributed by atoms with Gasteiger partial charge in [-0.2, -0.15) is 0 Å². The molecule has 86 valence electrons. The van der Waals surface area contributed by atoms with Crippen LogP contribution in [0.5, 0.6) is 0 Å². The number of hydrogen-bond acceptors (Lipinski definition) is 1. The number of amides is 1. The Bertz CT molecular complexity index is 387. The molecule has 0 unspecified atom stereocenters. The molecule has 0 radical (unpaired) electrons. The number of carbonyl (C=O) groups is 1. The summed E-state index contributed by atoms with van der Waals surface area (Å²) in [5.41, 5.74) is 1.14. The summed E-state index contributed by atoms with van der Waals surface area (Å²) in [6.07, 6.45) is 3.30. The third-order valence-corrected chi connectivity index (χ3v) is 3.68. The molecule has 16 heavy (non-hydrogen) atoms. The van der Waals surface area contributed by atoms with Gasteiger partial charge in [0.2, 0.25) is 5.91 Å². The lowest BCUT2D eigenvalue weighted by Crippen LogP contribution is -2.35. The molecule has 0 spiro atoms. The molecule has 1 aromatic carbocycles. The lowest BCUT2D eigenvalue weighted by atomic mass is 9.84. The van der Waals surface area contributed by atoms with Crippen molar-refractivity contribution in [1.82, 2.24) is 5.32 Å². The topological polar surface area (TPSA) is 29.1 Å². The van der Waals surface area contributed by atoms with Gasteiger partial charge in [-0.25, -0.2) is 0 Å². The van der Waals surface area contributed by atoms with Gasteiger partial charge < -0.3 is 5.32 Å². The van der Waals surface area contributed by atoms with Crippen molar-refractivity contribution in [2.24, 2.45) is 5.92 Å². The fraction of sp³-hybridized carbons (Fsp3) is 0.462. The Balaban J connectivity index is 1.96. The maximum atomic E-state index is 11.8. The number of halogens is 1. The van der Waals surface area contributed by atoms with Crippen LogP contribution in [-0.4, -0.2) is 5.91 Å². The molecule has 2 rings (SSSR count). The predicted octanol–water partition coefficient (Wildman–Crippen LogP) is 3.43. The monoisotopic (exact) mass is 281 g/mol. The fourth-order valence-electron chi connectivity index (χ4n) is 1.86. The molecular weight excluding hydrogens is 266 g/mol. The Hall–Kier alpha value is -0.830. The number of rotatable bonds is 3. The van der Waals surface area contributed by atoms with Crippen LogP contribution in [-0.2, 0) is 4.79 Å². The SMILES string of the molecule is C[C@@H](NC(=O)C1CCC1)c1cccc(Br)c1. The summed E-state index contributed by atoms with van der Waals surface area (Å²) in [6, 6.07) is 8.16. The average Bonchev–Trinajstić information content (AvgIpc) is 2.14. The Labute approximate surface area is 105 Å². The van der Waals surface area contributed by atoms with Crippen LogP contribution in [0.15, 0.2) is 28.7 Å². The molecule has 1 atom stereocenters. The van der Waals surface area contributed by atoms with E-state index < -0.39 is 0 Å². The zero-order chi connectivity index (χ0) is 11.5. The van der Waals surface area contributed by atoms with E-state index in [1.54, 1.807) is 0 Å². The summed E-state index contributed by atoms with van der Waals surface area (Å²) >= 11 is 3.44. The predicted molar refractivity (Wildman–Crippen MR) is 68.0 cm³/mol. The van der Waals surface area contributed by atoms with E-state index in [1.165, 1.54) is 6.42 Å². The van der Waals surface area contributed by atoms with Gasteiger partial charge in [-0.05, 0) is 37.5 Å². The summed E-state index contributed by atoms with van der Waals surface area (Å²) in [6.45, 7) is 2.03. The fourth-order valence-corrected chi connectivity index (χ4v) is 2.28. The van der Waals surface area contributed by atoms with Crippen LogP contribution in [0.4, 0.5) is 0 Å². The summed E-state index contributed by atoms with van der Waals surface area (Å²) in [5, 5.41) is 3.07. The summed E-state index contributed by atoms with van der Waals surface area (Å²) < 4.78 is 1.05. The Morgan fingerprint density at radius 2 is 2.25 bits per heavy atom. The van der Waals surface area contributed by atoms with Gasteiger partial charge in [0, 0.05) is 10.4 Å². The second-order valence-corrected chi connectivity index (χ2v) is 5.33. The quantitative estimate of drug-likeness (QED) is 0.904. The molecule has 2 nitrogen and oxygen atoms in total. The molecular formula is C13H16BrNO. The van der Waals surface area contributed by atoms with Gasteiger partial charge in [0.15, 0.2) is 0 Å². The number of carbonyl (C=O) groups excluding carboxylic acids is 1. The van der Waals surface area contributed by atoms with E-state index in [4.69, 9.17) is 0 Å². The van der Waals surface area contributed by atoms with Gasteiger partial charge in [0.1, 0.15) is 0 Å². The summed E-state index contributed by atoms with van der Waals surface area (Å²) in [4.78, 5) is 11.8.